The predicted octanol–water partition coefficient (Wildman–Crippen LogP) is 3.18. The van der Waals surface area contributed by atoms with Crippen LogP contribution < -0.4 is 5.32 Å². The van der Waals surface area contributed by atoms with Gasteiger partial charge in [-0.3, -0.25) is 14.6 Å². The molecule has 1 aromatic rings. The zero-order valence-corrected chi connectivity index (χ0v) is 21.0. The van der Waals surface area contributed by atoms with Gasteiger partial charge in [-0.15, -0.1) is 24.0 Å². The Morgan fingerprint density at radius 2 is 1.90 bits per heavy atom. The van der Waals surface area contributed by atoms with Gasteiger partial charge >= 0.3 is 0 Å². The van der Waals surface area contributed by atoms with Crippen LogP contribution in [0.3, 0.4) is 0 Å². The van der Waals surface area contributed by atoms with E-state index in [9.17, 15) is 0 Å². The largest absolute Gasteiger partial charge is 0.370 e. The van der Waals surface area contributed by atoms with E-state index in [0.29, 0.717) is 5.54 Å². The number of nitrogens with one attached hydrogen (secondary N) is 1. The number of likely N-dealkylation sites (tertiary alicyclic amines) is 1. The number of rotatable bonds is 4. The van der Waals surface area contributed by atoms with Gasteiger partial charge in [0, 0.05) is 44.5 Å². The van der Waals surface area contributed by atoms with Crippen LogP contribution in [-0.4, -0.2) is 77.5 Å². The molecule has 3 fully saturated rings. The summed E-state index contributed by atoms with van der Waals surface area (Å²) in [5.74, 6) is 1.02. The number of ether oxygens (including phenoxy) is 1. The van der Waals surface area contributed by atoms with Crippen molar-refractivity contribution in [3.63, 3.8) is 0 Å². The number of piperidine rings is 1. The number of halogens is 1. The van der Waals surface area contributed by atoms with Crippen LogP contribution in [0.1, 0.15) is 63.0 Å². The molecule has 1 unspecified atom stereocenters. The molecule has 3 heterocycles. The number of morpholine rings is 1. The minimum atomic E-state index is 0. The molecule has 0 aromatic carbocycles. The monoisotopic (exact) mass is 530 g/mol. The van der Waals surface area contributed by atoms with Gasteiger partial charge in [0.25, 0.3) is 0 Å². The highest BCUT2D eigenvalue weighted by atomic mass is 127. The lowest BCUT2D eigenvalue weighted by Crippen LogP contribution is -2.60. The second-order valence-corrected chi connectivity index (χ2v) is 8.99. The highest BCUT2D eigenvalue weighted by Gasteiger charge is 2.38. The van der Waals surface area contributed by atoms with E-state index in [2.05, 4.69) is 31.4 Å². The van der Waals surface area contributed by atoms with Gasteiger partial charge in [-0.05, 0) is 38.8 Å². The SMILES string of the molecule is CN=C(NCC1(N2CCCCC2)CCCCC1)N1CCOC(c2cnn(C)c2)C1.I. The molecule has 0 amide bonds. The van der Waals surface area contributed by atoms with Crippen LogP contribution in [-0.2, 0) is 11.8 Å². The van der Waals surface area contributed by atoms with E-state index in [0.717, 1.165) is 37.8 Å². The molecule has 1 aliphatic carbocycles. The summed E-state index contributed by atoms with van der Waals surface area (Å²) in [5.41, 5.74) is 1.45. The van der Waals surface area contributed by atoms with E-state index in [-0.39, 0.29) is 30.1 Å². The molecule has 1 atom stereocenters. The Hall–Kier alpha value is -0.870. The minimum absolute atomic E-state index is 0. The minimum Gasteiger partial charge on any atom is -0.370 e. The van der Waals surface area contributed by atoms with Crippen molar-refractivity contribution in [1.29, 1.82) is 0 Å². The highest BCUT2D eigenvalue weighted by Crippen LogP contribution is 2.35. The fraction of sp³-hybridized carbons (Fsp3) is 0.818. The average Bonchev–Trinajstić information content (AvgIpc) is 3.22. The molecule has 3 aliphatic rings. The van der Waals surface area contributed by atoms with E-state index in [1.54, 1.807) is 0 Å². The molecule has 0 bridgehead atoms. The molecule has 1 N–H and O–H groups in total. The van der Waals surface area contributed by atoms with Gasteiger partial charge < -0.3 is 15.0 Å². The average molecular weight is 530 g/mol. The number of aryl methyl sites for hydroxylation is 1. The Morgan fingerprint density at radius 3 is 2.57 bits per heavy atom. The maximum Gasteiger partial charge on any atom is 0.193 e. The second kappa shape index (κ2) is 11.1. The van der Waals surface area contributed by atoms with Crippen molar-refractivity contribution in [3.8, 4) is 0 Å². The Morgan fingerprint density at radius 1 is 1.17 bits per heavy atom. The van der Waals surface area contributed by atoms with Gasteiger partial charge in [0.15, 0.2) is 5.96 Å². The van der Waals surface area contributed by atoms with Crippen molar-refractivity contribution in [2.24, 2.45) is 12.0 Å². The Balaban J connectivity index is 0.00000256. The summed E-state index contributed by atoms with van der Waals surface area (Å²) < 4.78 is 7.87. The first kappa shape index (κ1) is 23.8. The lowest BCUT2D eigenvalue weighted by molar-refractivity contribution is -0.00896. The van der Waals surface area contributed by atoms with Crippen LogP contribution >= 0.6 is 24.0 Å². The summed E-state index contributed by atoms with van der Waals surface area (Å²) in [6, 6.07) is 0. The van der Waals surface area contributed by atoms with Crippen molar-refractivity contribution in [3.05, 3.63) is 18.0 Å². The van der Waals surface area contributed by atoms with Crippen LogP contribution in [0.15, 0.2) is 17.4 Å². The first-order chi connectivity index (χ1) is 14.2. The fourth-order valence-corrected chi connectivity index (χ4v) is 5.41. The van der Waals surface area contributed by atoms with E-state index < -0.39 is 0 Å². The third-order valence-electron chi connectivity index (χ3n) is 7.06. The number of aromatic nitrogens is 2. The van der Waals surface area contributed by atoms with Gasteiger partial charge in [0.2, 0.25) is 0 Å². The van der Waals surface area contributed by atoms with Crippen LogP contribution in [0.4, 0.5) is 0 Å². The first-order valence-corrected chi connectivity index (χ1v) is 11.5. The van der Waals surface area contributed by atoms with E-state index in [4.69, 9.17) is 4.74 Å². The van der Waals surface area contributed by atoms with E-state index in [1.807, 2.05) is 25.0 Å². The van der Waals surface area contributed by atoms with Crippen molar-refractivity contribution in [2.75, 3.05) is 46.4 Å². The highest BCUT2D eigenvalue weighted by molar-refractivity contribution is 14.0. The molecular weight excluding hydrogens is 491 g/mol. The van der Waals surface area contributed by atoms with Gasteiger partial charge in [0.05, 0.1) is 19.3 Å². The topological polar surface area (TPSA) is 57.9 Å². The molecule has 8 heteroatoms. The van der Waals surface area contributed by atoms with Gasteiger partial charge in [0.1, 0.15) is 6.10 Å². The van der Waals surface area contributed by atoms with Crippen molar-refractivity contribution >= 4 is 29.9 Å². The summed E-state index contributed by atoms with van der Waals surface area (Å²) in [4.78, 5) is 9.80. The van der Waals surface area contributed by atoms with Crippen molar-refractivity contribution < 1.29 is 4.74 Å². The molecule has 170 valence electrons. The van der Waals surface area contributed by atoms with Gasteiger partial charge in [-0.2, -0.15) is 5.10 Å². The molecule has 1 saturated carbocycles. The smallest absolute Gasteiger partial charge is 0.193 e. The van der Waals surface area contributed by atoms with Crippen LogP contribution in [0, 0.1) is 0 Å². The van der Waals surface area contributed by atoms with E-state index in [1.165, 1.54) is 64.5 Å². The Labute approximate surface area is 198 Å². The number of hydrogen-bond donors (Lipinski definition) is 1. The van der Waals surface area contributed by atoms with Crippen molar-refractivity contribution in [2.45, 2.75) is 63.0 Å². The standard InChI is InChI=1S/C22H38N6O.HI/c1-23-21(27-13-14-29-20(17-27)19-15-25-26(2)16-19)24-18-22(9-5-3-6-10-22)28-11-7-4-8-12-28;/h15-16,20H,3-14,17-18H2,1-2H3,(H,23,24);1H. The summed E-state index contributed by atoms with van der Waals surface area (Å²) in [6.45, 7) is 5.96. The summed E-state index contributed by atoms with van der Waals surface area (Å²) in [6.07, 6.45) is 14.9. The normalized spacial score (nSPS) is 25.6. The third kappa shape index (κ3) is 5.48. The number of hydrogen-bond acceptors (Lipinski definition) is 4. The zero-order chi connectivity index (χ0) is 20.1. The molecule has 4 rings (SSSR count). The quantitative estimate of drug-likeness (QED) is 0.368. The summed E-state index contributed by atoms with van der Waals surface area (Å²) in [7, 11) is 3.86. The fourth-order valence-electron chi connectivity index (χ4n) is 5.41. The molecular formula is C22H39IN6O. The maximum atomic E-state index is 6.03. The van der Waals surface area contributed by atoms with Crippen LogP contribution in [0.25, 0.3) is 0 Å². The van der Waals surface area contributed by atoms with Gasteiger partial charge in [-0.1, -0.05) is 25.7 Å². The molecule has 1 aromatic heterocycles. The lowest BCUT2D eigenvalue weighted by Gasteiger charge is -2.49. The number of guanidine groups is 1. The number of nitrogens with zero attached hydrogens (tertiary/aromatic N) is 5. The summed E-state index contributed by atoms with van der Waals surface area (Å²) in [5, 5.41) is 8.09. The predicted molar refractivity (Wildman–Crippen MR) is 131 cm³/mol. The summed E-state index contributed by atoms with van der Waals surface area (Å²) >= 11 is 0. The second-order valence-electron chi connectivity index (χ2n) is 8.99. The zero-order valence-electron chi connectivity index (χ0n) is 18.7. The Kier molecular flexibility index (Phi) is 8.82. The molecule has 2 aliphatic heterocycles. The maximum absolute atomic E-state index is 6.03. The van der Waals surface area contributed by atoms with E-state index >= 15 is 0 Å². The molecule has 2 saturated heterocycles. The molecule has 30 heavy (non-hydrogen) atoms. The van der Waals surface area contributed by atoms with Crippen LogP contribution in [0.2, 0.25) is 0 Å². The Bertz CT molecular complexity index is 681. The van der Waals surface area contributed by atoms with Crippen molar-refractivity contribution in [1.82, 2.24) is 24.9 Å². The molecule has 0 radical (unpaired) electrons. The molecule has 7 nitrogen and oxygen atoms in total. The van der Waals surface area contributed by atoms with Gasteiger partial charge in [-0.25, -0.2) is 0 Å². The number of aliphatic imine (C=N–C) groups is 1. The van der Waals surface area contributed by atoms with Crippen LogP contribution in [0.5, 0.6) is 0 Å². The molecule has 0 spiro atoms. The third-order valence-corrected chi connectivity index (χ3v) is 7.06. The first-order valence-electron chi connectivity index (χ1n) is 11.5. The lowest BCUT2D eigenvalue weighted by atomic mass is 9.79.